The predicted molar refractivity (Wildman–Crippen MR) is 105 cm³/mol. The Morgan fingerprint density at radius 2 is 1.04 bits per heavy atom. The number of aliphatic hydroxyl groups excluding tert-OH is 1. The van der Waals surface area contributed by atoms with Gasteiger partial charge >= 0.3 is 0 Å². The molecule has 24 heavy (non-hydrogen) atoms. The fourth-order valence-corrected chi connectivity index (χ4v) is 3.87. The average Bonchev–Trinajstić information content (AvgIpc) is 3.06. The van der Waals surface area contributed by atoms with E-state index in [1.54, 1.807) is 0 Å². The number of unbranched alkanes of at least 4 members (excludes halogenated alkanes) is 14. The lowest BCUT2D eigenvalue weighted by atomic mass is 10.0. The lowest BCUT2D eigenvalue weighted by Gasteiger charge is -2.11. The van der Waals surface area contributed by atoms with Crippen LogP contribution in [0.2, 0.25) is 0 Å². The zero-order valence-corrected chi connectivity index (χ0v) is 16.4. The van der Waals surface area contributed by atoms with Gasteiger partial charge in [0, 0.05) is 0 Å². The van der Waals surface area contributed by atoms with Gasteiger partial charge in [-0.1, -0.05) is 103 Å². The van der Waals surface area contributed by atoms with Crippen LogP contribution in [0, 0.1) is 0 Å². The van der Waals surface area contributed by atoms with Gasteiger partial charge in [-0.3, -0.25) is 0 Å². The molecule has 1 rings (SSSR count). The molecule has 2 unspecified atom stereocenters. The van der Waals surface area contributed by atoms with Gasteiger partial charge < -0.3 is 9.84 Å². The van der Waals surface area contributed by atoms with Gasteiger partial charge in [0.1, 0.15) is 0 Å². The molecule has 0 aromatic rings. The summed E-state index contributed by atoms with van der Waals surface area (Å²) in [4.78, 5) is 0. The highest BCUT2D eigenvalue weighted by molar-refractivity contribution is 4.72. The van der Waals surface area contributed by atoms with Gasteiger partial charge in [0.25, 0.3) is 0 Å². The lowest BCUT2D eigenvalue weighted by molar-refractivity contribution is 0.00758. The summed E-state index contributed by atoms with van der Waals surface area (Å²) in [7, 11) is 0. The van der Waals surface area contributed by atoms with Crippen molar-refractivity contribution >= 4 is 0 Å². The molecular weight excluding hydrogens is 296 g/mol. The van der Waals surface area contributed by atoms with Gasteiger partial charge in [-0.15, -0.1) is 0 Å². The van der Waals surface area contributed by atoms with Crippen LogP contribution in [0.25, 0.3) is 0 Å². The summed E-state index contributed by atoms with van der Waals surface area (Å²) < 4.78 is 5.78. The van der Waals surface area contributed by atoms with Crippen molar-refractivity contribution in [3.05, 3.63) is 0 Å². The highest BCUT2D eigenvalue weighted by atomic mass is 16.5. The van der Waals surface area contributed by atoms with Crippen molar-refractivity contribution in [1.82, 2.24) is 0 Å². The van der Waals surface area contributed by atoms with Crippen LogP contribution in [0.5, 0.6) is 0 Å². The van der Waals surface area contributed by atoms with E-state index in [9.17, 15) is 0 Å². The van der Waals surface area contributed by atoms with Crippen LogP contribution in [-0.4, -0.2) is 23.9 Å². The number of aliphatic hydroxyl groups is 1. The lowest BCUT2D eigenvalue weighted by Crippen LogP contribution is -2.14. The normalized spacial score (nSPS) is 20.8. The first-order chi connectivity index (χ1) is 11.9. The van der Waals surface area contributed by atoms with Gasteiger partial charge in [0.05, 0.1) is 18.8 Å². The second-order valence-electron chi connectivity index (χ2n) is 7.88. The maximum atomic E-state index is 9.06. The third-order valence-electron chi connectivity index (χ3n) is 5.53. The first-order valence-electron chi connectivity index (χ1n) is 11.1. The third-order valence-corrected chi connectivity index (χ3v) is 5.53. The van der Waals surface area contributed by atoms with E-state index in [2.05, 4.69) is 6.92 Å². The number of hydrogen-bond acceptors (Lipinski definition) is 2. The molecule has 0 aliphatic carbocycles. The van der Waals surface area contributed by atoms with Crippen LogP contribution >= 0.6 is 0 Å². The van der Waals surface area contributed by atoms with Gasteiger partial charge in [-0.2, -0.15) is 0 Å². The van der Waals surface area contributed by atoms with Crippen LogP contribution < -0.4 is 0 Å². The molecule has 1 heterocycles. The second-order valence-corrected chi connectivity index (χ2v) is 7.88. The quantitative estimate of drug-likeness (QED) is 0.295. The van der Waals surface area contributed by atoms with Crippen LogP contribution in [-0.2, 0) is 4.74 Å². The van der Waals surface area contributed by atoms with E-state index in [0.717, 1.165) is 12.8 Å². The zero-order chi connectivity index (χ0) is 17.3. The van der Waals surface area contributed by atoms with E-state index in [4.69, 9.17) is 9.84 Å². The van der Waals surface area contributed by atoms with Crippen LogP contribution in [0.4, 0.5) is 0 Å². The minimum Gasteiger partial charge on any atom is -0.394 e. The molecule has 1 aliphatic rings. The molecule has 1 fully saturated rings. The van der Waals surface area contributed by atoms with Crippen molar-refractivity contribution in [1.29, 1.82) is 0 Å². The molecule has 0 amide bonds. The topological polar surface area (TPSA) is 29.5 Å². The maximum absolute atomic E-state index is 9.06. The van der Waals surface area contributed by atoms with Gasteiger partial charge in [0.2, 0.25) is 0 Å². The second kappa shape index (κ2) is 16.4. The molecule has 1 aliphatic heterocycles. The SMILES string of the molecule is CCCCCCCCCCCCCCCCCC1CCC(CO)O1. The summed E-state index contributed by atoms with van der Waals surface area (Å²) in [5, 5.41) is 9.06. The molecule has 144 valence electrons. The van der Waals surface area contributed by atoms with E-state index >= 15 is 0 Å². The number of ether oxygens (including phenoxy) is 1. The molecule has 0 spiro atoms. The predicted octanol–water partition coefficient (Wildman–Crippen LogP) is 6.79. The molecule has 0 bridgehead atoms. The van der Waals surface area contributed by atoms with Crippen LogP contribution in [0.15, 0.2) is 0 Å². The van der Waals surface area contributed by atoms with E-state index in [0.29, 0.717) is 6.10 Å². The van der Waals surface area contributed by atoms with Crippen molar-refractivity contribution in [2.24, 2.45) is 0 Å². The van der Waals surface area contributed by atoms with Gasteiger partial charge in [-0.25, -0.2) is 0 Å². The van der Waals surface area contributed by atoms with Crippen LogP contribution in [0.1, 0.15) is 122 Å². The summed E-state index contributed by atoms with van der Waals surface area (Å²) >= 11 is 0. The molecule has 1 saturated heterocycles. The molecule has 1 N–H and O–H groups in total. The summed E-state index contributed by atoms with van der Waals surface area (Å²) in [6, 6.07) is 0. The van der Waals surface area contributed by atoms with E-state index < -0.39 is 0 Å². The Labute approximate surface area is 151 Å². The molecule has 2 atom stereocenters. The maximum Gasteiger partial charge on any atom is 0.0810 e. The van der Waals surface area contributed by atoms with Crippen molar-refractivity contribution in [2.45, 2.75) is 135 Å². The highest BCUT2D eigenvalue weighted by Gasteiger charge is 2.23. The highest BCUT2D eigenvalue weighted by Crippen LogP contribution is 2.24. The Hall–Kier alpha value is -0.0800. The standard InChI is InChI=1S/C22H44O2/c1-2-3-4-5-6-7-8-9-10-11-12-13-14-15-16-17-21-18-19-22(20-23)24-21/h21-23H,2-20H2,1H3. The third kappa shape index (κ3) is 12.3. The fourth-order valence-electron chi connectivity index (χ4n) is 3.87. The Balaban J connectivity index is 1.69. The summed E-state index contributed by atoms with van der Waals surface area (Å²) in [6.07, 6.45) is 25.3. The van der Waals surface area contributed by atoms with Crippen LogP contribution in [0.3, 0.4) is 0 Å². The summed E-state index contributed by atoms with van der Waals surface area (Å²) in [5.74, 6) is 0. The molecule has 0 saturated carbocycles. The largest absolute Gasteiger partial charge is 0.394 e. The minimum absolute atomic E-state index is 0.131. The van der Waals surface area contributed by atoms with Crippen molar-refractivity contribution in [2.75, 3.05) is 6.61 Å². The van der Waals surface area contributed by atoms with E-state index in [1.165, 1.54) is 103 Å². The van der Waals surface area contributed by atoms with Crippen molar-refractivity contribution in [3.8, 4) is 0 Å². The van der Waals surface area contributed by atoms with Crippen molar-refractivity contribution in [3.63, 3.8) is 0 Å². The Bertz CT molecular complexity index is 254. The summed E-state index contributed by atoms with van der Waals surface area (Å²) in [5.41, 5.74) is 0. The smallest absolute Gasteiger partial charge is 0.0810 e. The minimum atomic E-state index is 0.131. The molecule has 0 radical (unpaired) electrons. The number of rotatable bonds is 17. The van der Waals surface area contributed by atoms with Gasteiger partial charge in [0.15, 0.2) is 0 Å². The first kappa shape index (κ1) is 22.0. The number of hydrogen-bond donors (Lipinski definition) is 1. The summed E-state index contributed by atoms with van der Waals surface area (Å²) in [6.45, 7) is 2.49. The molecule has 2 nitrogen and oxygen atoms in total. The Morgan fingerprint density at radius 3 is 1.46 bits per heavy atom. The fraction of sp³-hybridized carbons (Fsp3) is 1.00. The first-order valence-corrected chi connectivity index (χ1v) is 11.1. The van der Waals surface area contributed by atoms with Crippen molar-refractivity contribution < 1.29 is 9.84 Å². The monoisotopic (exact) mass is 340 g/mol. The van der Waals surface area contributed by atoms with Gasteiger partial charge in [-0.05, 0) is 19.3 Å². The molecule has 0 aromatic heterocycles. The molecule has 0 aromatic carbocycles. The Morgan fingerprint density at radius 1 is 0.625 bits per heavy atom. The van der Waals surface area contributed by atoms with E-state index in [1.807, 2.05) is 0 Å². The Kier molecular flexibility index (Phi) is 15.0. The molecular formula is C22H44O2. The average molecular weight is 341 g/mol. The zero-order valence-electron chi connectivity index (χ0n) is 16.4. The molecule has 2 heteroatoms. The van der Waals surface area contributed by atoms with E-state index in [-0.39, 0.29) is 12.7 Å².